The van der Waals surface area contributed by atoms with Gasteiger partial charge in [0.25, 0.3) is 0 Å². The molecule has 1 fully saturated rings. The van der Waals surface area contributed by atoms with Crippen LogP contribution < -0.4 is 4.90 Å². The van der Waals surface area contributed by atoms with Crippen molar-refractivity contribution in [1.29, 1.82) is 0 Å². The molecule has 0 N–H and O–H groups in total. The molecule has 0 aromatic heterocycles. The van der Waals surface area contributed by atoms with Gasteiger partial charge in [-0.15, -0.1) is 0 Å². The maximum Gasteiger partial charge on any atom is 0.232 e. The van der Waals surface area contributed by atoms with Crippen molar-refractivity contribution < 1.29 is 9.18 Å². The summed E-state index contributed by atoms with van der Waals surface area (Å²) in [6.45, 7) is 9.38. The van der Waals surface area contributed by atoms with Crippen molar-refractivity contribution in [2.24, 2.45) is 5.41 Å². The third-order valence-corrected chi connectivity index (χ3v) is 6.23. The van der Waals surface area contributed by atoms with Crippen molar-refractivity contribution in [3.63, 3.8) is 0 Å². The summed E-state index contributed by atoms with van der Waals surface area (Å²) in [4.78, 5) is 17.4. The number of carbonyl (C=O) groups excluding carboxylic acids is 1. The molecule has 2 aromatic rings. The third-order valence-electron chi connectivity index (χ3n) is 6.23. The molecule has 0 atom stereocenters. The van der Waals surface area contributed by atoms with Gasteiger partial charge in [0.2, 0.25) is 5.91 Å². The molecule has 0 aliphatic carbocycles. The summed E-state index contributed by atoms with van der Waals surface area (Å²) in [5.41, 5.74) is 2.65. The van der Waals surface area contributed by atoms with Crippen LogP contribution in [0.3, 0.4) is 0 Å². The number of benzene rings is 2. The summed E-state index contributed by atoms with van der Waals surface area (Å²) in [5, 5.41) is 0. The Morgan fingerprint density at radius 3 is 2.39 bits per heavy atom. The molecule has 2 heterocycles. The normalized spacial score (nSPS) is 19.1. The Bertz CT molecular complexity index is 864. The highest BCUT2D eigenvalue weighted by Crippen LogP contribution is 2.48. The van der Waals surface area contributed by atoms with Crippen molar-refractivity contribution in [2.45, 2.75) is 45.6 Å². The number of carbonyl (C=O) groups is 1. The lowest BCUT2D eigenvalue weighted by Crippen LogP contribution is -2.47. The third kappa shape index (κ3) is 3.46. The molecular weight excluding hydrogens is 351 g/mol. The lowest BCUT2D eigenvalue weighted by Gasteiger charge is -2.40. The molecule has 1 spiro atoms. The average molecular weight is 381 g/mol. The summed E-state index contributed by atoms with van der Waals surface area (Å²) in [6, 6.07) is 15.4. The standard InChI is InChI=1S/C24H29FN2O/c1-23(2,3)22(28)27-17-24(20-15-19(25)9-10-21(20)27)11-13-26(14-12-24)16-18-7-5-4-6-8-18/h4-10,15H,11-14,16-17H2,1-3H3. The van der Waals surface area contributed by atoms with Gasteiger partial charge in [0.05, 0.1) is 0 Å². The molecule has 3 nitrogen and oxygen atoms in total. The van der Waals surface area contributed by atoms with Gasteiger partial charge in [-0.3, -0.25) is 9.69 Å². The van der Waals surface area contributed by atoms with E-state index in [9.17, 15) is 9.18 Å². The van der Waals surface area contributed by atoms with Gasteiger partial charge in [0.15, 0.2) is 0 Å². The maximum absolute atomic E-state index is 14.1. The fourth-order valence-electron chi connectivity index (χ4n) is 4.64. The van der Waals surface area contributed by atoms with Crippen LogP contribution in [0.1, 0.15) is 44.7 Å². The second-order valence-corrected chi connectivity index (χ2v) is 9.34. The molecule has 1 saturated heterocycles. The van der Waals surface area contributed by atoms with Crippen molar-refractivity contribution >= 4 is 11.6 Å². The van der Waals surface area contributed by atoms with Crippen LogP contribution in [0.4, 0.5) is 10.1 Å². The largest absolute Gasteiger partial charge is 0.311 e. The van der Waals surface area contributed by atoms with Crippen molar-refractivity contribution in [1.82, 2.24) is 4.90 Å². The molecule has 148 valence electrons. The van der Waals surface area contributed by atoms with E-state index in [1.54, 1.807) is 12.1 Å². The number of nitrogens with zero attached hydrogens (tertiary/aromatic N) is 2. The van der Waals surface area contributed by atoms with Crippen LogP contribution >= 0.6 is 0 Å². The molecule has 2 aromatic carbocycles. The topological polar surface area (TPSA) is 23.6 Å². The van der Waals surface area contributed by atoms with Crippen molar-refractivity contribution in [2.75, 3.05) is 24.5 Å². The van der Waals surface area contributed by atoms with Gasteiger partial charge in [-0.2, -0.15) is 0 Å². The number of hydrogen-bond acceptors (Lipinski definition) is 2. The molecule has 0 unspecified atom stereocenters. The monoisotopic (exact) mass is 380 g/mol. The molecule has 2 aliphatic rings. The number of halogens is 1. The van der Waals surface area contributed by atoms with E-state index in [-0.39, 0.29) is 17.1 Å². The van der Waals surface area contributed by atoms with Crippen LogP contribution in [-0.2, 0) is 16.8 Å². The molecular formula is C24H29FN2O. The van der Waals surface area contributed by atoms with Gasteiger partial charge in [-0.1, -0.05) is 51.1 Å². The van der Waals surface area contributed by atoms with E-state index in [0.717, 1.165) is 43.7 Å². The van der Waals surface area contributed by atoms with Gasteiger partial charge >= 0.3 is 0 Å². The number of likely N-dealkylation sites (tertiary alicyclic amines) is 1. The summed E-state index contributed by atoms with van der Waals surface area (Å²) in [5.74, 6) is -0.0983. The van der Waals surface area contributed by atoms with E-state index in [2.05, 4.69) is 29.2 Å². The van der Waals surface area contributed by atoms with Gasteiger partial charge in [-0.25, -0.2) is 4.39 Å². The number of fused-ring (bicyclic) bond motifs is 2. The first-order valence-electron chi connectivity index (χ1n) is 10.2. The van der Waals surface area contributed by atoms with E-state index in [1.807, 2.05) is 31.7 Å². The predicted molar refractivity (Wildman–Crippen MR) is 111 cm³/mol. The lowest BCUT2D eigenvalue weighted by atomic mass is 9.74. The van der Waals surface area contributed by atoms with Crippen LogP contribution in [0.15, 0.2) is 48.5 Å². The highest BCUT2D eigenvalue weighted by atomic mass is 19.1. The number of hydrogen-bond donors (Lipinski definition) is 0. The molecule has 4 rings (SSSR count). The minimum atomic E-state index is -0.453. The van der Waals surface area contributed by atoms with Crippen molar-refractivity contribution in [3.05, 3.63) is 65.5 Å². The summed E-state index contributed by atoms with van der Waals surface area (Å²) in [7, 11) is 0. The fraction of sp³-hybridized carbons (Fsp3) is 0.458. The summed E-state index contributed by atoms with van der Waals surface area (Å²) >= 11 is 0. The minimum Gasteiger partial charge on any atom is -0.311 e. The zero-order valence-corrected chi connectivity index (χ0v) is 17.0. The quantitative estimate of drug-likeness (QED) is 0.750. The maximum atomic E-state index is 14.1. The fourth-order valence-corrected chi connectivity index (χ4v) is 4.64. The van der Waals surface area contributed by atoms with Crippen LogP contribution in [0.2, 0.25) is 0 Å². The first-order valence-corrected chi connectivity index (χ1v) is 10.2. The Labute approximate surface area is 167 Å². The van der Waals surface area contributed by atoms with E-state index < -0.39 is 5.41 Å². The Kier molecular flexibility index (Phi) is 4.78. The lowest BCUT2D eigenvalue weighted by molar-refractivity contribution is -0.125. The van der Waals surface area contributed by atoms with E-state index in [1.165, 1.54) is 11.6 Å². The van der Waals surface area contributed by atoms with Crippen LogP contribution in [0.25, 0.3) is 0 Å². The summed E-state index contributed by atoms with van der Waals surface area (Å²) < 4.78 is 14.1. The number of amides is 1. The number of anilines is 1. The zero-order valence-electron chi connectivity index (χ0n) is 17.0. The first-order chi connectivity index (χ1) is 13.3. The van der Waals surface area contributed by atoms with Gasteiger partial charge in [0, 0.05) is 29.6 Å². The van der Waals surface area contributed by atoms with Gasteiger partial charge in [0.1, 0.15) is 5.82 Å². The van der Waals surface area contributed by atoms with Gasteiger partial charge < -0.3 is 4.90 Å². The number of piperidine rings is 1. The molecule has 28 heavy (non-hydrogen) atoms. The predicted octanol–water partition coefficient (Wildman–Crippen LogP) is 4.75. The molecule has 2 aliphatic heterocycles. The highest BCUT2D eigenvalue weighted by Gasteiger charge is 2.47. The molecule has 4 heteroatoms. The Balaban J connectivity index is 1.57. The smallest absolute Gasteiger partial charge is 0.232 e. The van der Waals surface area contributed by atoms with Crippen molar-refractivity contribution in [3.8, 4) is 0 Å². The SMILES string of the molecule is CC(C)(C)C(=O)N1CC2(CCN(Cc3ccccc3)CC2)c2cc(F)ccc21. The Hall–Kier alpha value is -2.20. The van der Waals surface area contributed by atoms with E-state index in [4.69, 9.17) is 0 Å². The van der Waals surface area contributed by atoms with E-state index in [0.29, 0.717) is 6.54 Å². The molecule has 1 amide bonds. The summed E-state index contributed by atoms with van der Waals surface area (Å²) in [6.07, 6.45) is 1.90. The highest BCUT2D eigenvalue weighted by molar-refractivity contribution is 5.99. The zero-order chi connectivity index (χ0) is 19.9. The molecule has 0 saturated carbocycles. The second-order valence-electron chi connectivity index (χ2n) is 9.34. The first kappa shape index (κ1) is 19.1. The molecule has 0 bridgehead atoms. The van der Waals surface area contributed by atoms with Crippen LogP contribution in [-0.4, -0.2) is 30.4 Å². The Morgan fingerprint density at radius 2 is 1.75 bits per heavy atom. The molecule has 0 radical (unpaired) electrons. The second kappa shape index (κ2) is 7.00. The van der Waals surface area contributed by atoms with E-state index >= 15 is 0 Å². The van der Waals surface area contributed by atoms with Gasteiger partial charge in [-0.05, 0) is 55.3 Å². The Morgan fingerprint density at radius 1 is 1.07 bits per heavy atom. The van der Waals surface area contributed by atoms with Crippen LogP contribution in [0.5, 0.6) is 0 Å². The number of rotatable bonds is 2. The minimum absolute atomic E-state index is 0.115. The average Bonchev–Trinajstić information content (AvgIpc) is 2.97. The van der Waals surface area contributed by atoms with Crippen LogP contribution in [0, 0.1) is 11.2 Å².